The molecule has 3 N–H and O–H groups in total. The zero-order valence-electron chi connectivity index (χ0n) is 11.0. The zero-order valence-corrected chi connectivity index (χ0v) is 11.0. The van der Waals surface area contributed by atoms with Gasteiger partial charge in [-0.2, -0.15) is 0 Å². The van der Waals surface area contributed by atoms with E-state index >= 15 is 0 Å². The van der Waals surface area contributed by atoms with Crippen LogP contribution in [0.4, 0.5) is 25.8 Å². The van der Waals surface area contributed by atoms with E-state index in [4.69, 9.17) is 15.2 Å². The summed E-state index contributed by atoms with van der Waals surface area (Å²) < 4.78 is 36.3. The smallest absolute Gasteiger partial charge is 0.162 e. The Hall–Kier alpha value is -2.50. The van der Waals surface area contributed by atoms with Crippen molar-refractivity contribution >= 4 is 17.1 Å². The molecule has 0 aromatic heterocycles. The highest BCUT2D eigenvalue weighted by Gasteiger charge is 2.10. The molecule has 0 heterocycles. The molecule has 6 heteroatoms. The van der Waals surface area contributed by atoms with Gasteiger partial charge in [-0.05, 0) is 12.1 Å². The van der Waals surface area contributed by atoms with E-state index in [1.165, 1.54) is 20.3 Å². The van der Waals surface area contributed by atoms with Crippen LogP contribution in [0.2, 0.25) is 0 Å². The minimum Gasteiger partial charge on any atom is -0.493 e. The molecule has 0 saturated heterocycles. The fourth-order valence-electron chi connectivity index (χ4n) is 1.73. The summed E-state index contributed by atoms with van der Waals surface area (Å²) in [7, 11) is 3.00. The molecule has 0 aliphatic heterocycles. The van der Waals surface area contributed by atoms with Crippen LogP contribution >= 0.6 is 0 Å². The third kappa shape index (κ3) is 2.74. The van der Waals surface area contributed by atoms with Gasteiger partial charge in [0.2, 0.25) is 0 Å². The number of nitrogens with one attached hydrogen (secondary N) is 1. The highest BCUT2D eigenvalue weighted by molar-refractivity contribution is 5.76. The number of methoxy groups -OCH3 is 2. The Balaban J connectivity index is 2.35. The molecule has 0 unspecified atom stereocenters. The lowest BCUT2D eigenvalue weighted by atomic mass is 10.2. The third-order valence-corrected chi connectivity index (χ3v) is 2.75. The minimum absolute atomic E-state index is 0.378. The van der Waals surface area contributed by atoms with Gasteiger partial charge in [-0.1, -0.05) is 0 Å². The van der Waals surface area contributed by atoms with Gasteiger partial charge < -0.3 is 20.5 Å². The predicted molar refractivity (Wildman–Crippen MR) is 73.6 cm³/mol. The molecule has 20 heavy (non-hydrogen) atoms. The summed E-state index contributed by atoms with van der Waals surface area (Å²) in [4.78, 5) is 0. The van der Waals surface area contributed by atoms with Crippen LogP contribution in [0, 0.1) is 11.6 Å². The maximum atomic E-state index is 13.2. The summed E-state index contributed by atoms with van der Waals surface area (Å²) >= 11 is 0. The molecule has 0 fully saturated rings. The maximum absolute atomic E-state index is 13.2. The normalized spacial score (nSPS) is 10.2. The summed E-state index contributed by atoms with van der Waals surface area (Å²) in [5.74, 6) is -0.877. The van der Waals surface area contributed by atoms with E-state index < -0.39 is 11.6 Å². The van der Waals surface area contributed by atoms with E-state index in [9.17, 15) is 8.78 Å². The second-order valence-electron chi connectivity index (χ2n) is 4.05. The van der Waals surface area contributed by atoms with E-state index in [0.29, 0.717) is 28.6 Å². The van der Waals surface area contributed by atoms with Crippen LogP contribution in [0.25, 0.3) is 0 Å². The van der Waals surface area contributed by atoms with Crippen molar-refractivity contribution in [3.63, 3.8) is 0 Å². The van der Waals surface area contributed by atoms with Crippen LogP contribution in [0.15, 0.2) is 30.3 Å². The Labute approximate surface area is 115 Å². The van der Waals surface area contributed by atoms with Crippen LogP contribution < -0.4 is 20.5 Å². The van der Waals surface area contributed by atoms with Gasteiger partial charge in [-0.15, -0.1) is 0 Å². The molecule has 0 spiro atoms. The van der Waals surface area contributed by atoms with Crippen molar-refractivity contribution in [2.75, 3.05) is 25.3 Å². The van der Waals surface area contributed by atoms with Crippen LogP contribution in [0.5, 0.6) is 11.5 Å². The lowest BCUT2D eigenvalue weighted by molar-refractivity contribution is 0.355. The van der Waals surface area contributed by atoms with Gasteiger partial charge in [0, 0.05) is 23.9 Å². The number of hydrogen-bond donors (Lipinski definition) is 2. The van der Waals surface area contributed by atoms with Gasteiger partial charge in [-0.25, -0.2) is 8.78 Å². The van der Waals surface area contributed by atoms with Crippen molar-refractivity contribution in [2.24, 2.45) is 0 Å². The van der Waals surface area contributed by atoms with Crippen LogP contribution in [-0.2, 0) is 0 Å². The fourth-order valence-corrected chi connectivity index (χ4v) is 1.73. The molecule has 106 valence electrons. The van der Waals surface area contributed by atoms with Crippen molar-refractivity contribution < 1.29 is 18.3 Å². The van der Waals surface area contributed by atoms with Crippen LogP contribution in [-0.4, -0.2) is 14.2 Å². The number of anilines is 3. The van der Waals surface area contributed by atoms with Gasteiger partial charge in [-0.3, -0.25) is 0 Å². The standard InChI is InChI=1S/C14H14F2N2O2/c1-19-13-6-11(17)12(7-14(13)20-2)18-8-3-4-9(15)10(16)5-8/h3-7,18H,17H2,1-2H3. The summed E-state index contributed by atoms with van der Waals surface area (Å²) in [6.45, 7) is 0. The zero-order chi connectivity index (χ0) is 14.7. The number of halogens is 2. The number of nitrogens with two attached hydrogens (primary N) is 1. The Morgan fingerprint density at radius 1 is 0.950 bits per heavy atom. The molecule has 2 rings (SSSR count). The predicted octanol–water partition coefficient (Wildman–Crippen LogP) is 3.31. The first-order valence-electron chi connectivity index (χ1n) is 5.78. The topological polar surface area (TPSA) is 56.5 Å². The van der Waals surface area contributed by atoms with Gasteiger partial charge in [0.1, 0.15) is 0 Å². The summed E-state index contributed by atoms with van der Waals surface area (Å²) in [6.07, 6.45) is 0. The Morgan fingerprint density at radius 3 is 2.20 bits per heavy atom. The molecule has 0 atom stereocenters. The molecule has 0 aliphatic carbocycles. The third-order valence-electron chi connectivity index (χ3n) is 2.75. The minimum atomic E-state index is -0.936. The van der Waals surface area contributed by atoms with Gasteiger partial charge in [0.25, 0.3) is 0 Å². The van der Waals surface area contributed by atoms with Gasteiger partial charge >= 0.3 is 0 Å². The van der Waals surface area contributed by atoms with E-state index in [-0.39, 0.29) is 0 Å². The van der Waals surface area contributed by atoms with Gasteiger partial charge in [0.15, 0.2) is 23.1 Å². The Bertz CT molecular complexity index is 633. The molecule has 0 bridgehead atoms. The molecule has 4 nitrogen and oxygen atoms in total. The SMILES string of the molecule is COc1cc(N)c(Nc2ccc(F)c(F)c2)cc1OC. The number of ether oxygens (including phenoxy) is 2. The maximum Gasteiger partial charge on any atom is 0.162 e. The highest BCUT2D eigenvalue weighted by Crippen LogP contribution is 2.36. The van der Waals surface area contributed by atoms with Crippen LogP contribution in [0.1, 0.15) is 0 Å². The van der Waals surface area contributed by atoms with Crippen molar-refractivity contribution in [3.05, 3.63) is 42.0 Å². The molecular weight excluding hydrogens is 266 g/mol. The summed E-state index contributed by atoms with van der Waals surface area (Å²) in [5, 5.41) is 2.90. The van der Waals surface area contributed by atoms with Gasteiger partial charge in [0.05, 0.1) is 25.6 Å². The number of rotatable bonds is 4. The second-order valence-corrected chi connectivity index (χ2v) is 4.05. The van der Waals surface area contributed by atoms with E-state index in [0.717, 1.165) is 12.1 Å². The second kappa shape index (κ2) is 5.64. The van der Waals surface area contributed by atoms with E-state index in [1.807, 2.05) is 0 Å². The summed E-state index contributed by atoms with van der Waals surface area (Å²) in [6, 6.07) is 6.70. The molecule has 0 amide bonds. The van der Waals surface area contributed by atoms with Crippen molar-refractivity contribution in [1.29, 1.82) is 0 Å². The monoisotopic (exact) mass is 280 g/mol. The molecular formula is C14H14F2N2O2. The molecule has 2 aromatic carbocycles. The fraction of sp³-hybridized carbons (Fsp3) is 0.143. The van der Waals surface area contributed by atoms with Crippen molar-refractivity contribution in [1.82, 2.24) is 0 Å². The van der Waals surface area contributed by atoms with Crippen LogP contribution in [0.3, 0.4) is 0 Å². The van der Waals surface area contributed by atoms with Crippen molar-refractivity contribution in [3.8, 4) is 11.5 Å². The molecule has 0 radical (unpaired) electrons. The lowest BCUT2D eigenvalue weighted by Gasteiger charge is -2.14. The quantitative estimate of drug-likeness (QED) is 0.844. The molecule has 2 aromatic rings. The van der Waals surface area contributed by atoms with E-state index in [2.05, 4.69) is 5.32 Å². The Morgan fingerprint density at radius 2 is 1.60 bits per heavy atom. The Kier molecular flexibility index (Phi) is 3.93. The number of hydrogen-bond acceptors (Lipinski definition) is 4. The average Bonchev–Trinajstić information content (AvgIpc) is 2.44. The largest absolute Gasteiger partial charge is 0.493 e. The first kappa shape index (κ1) is 13.9. The highest BCUT2D eigenvalue weighted by atomic mass is 19.2. The molecule has 0 aliphatic rings. The first-order valence-corrected chi connectivity index (χ1v) is 5.78. The molecule has 0 saturated carbocycles. The lowest BCUT2D eigenvalue weighted by Crippen LogP contribution is -2.00. The first-order chi connectivity index (χ1) is 9.55. The van der Waals surface area contributed by atoms with E-state index in [1.54, 1.807) is 12.1 Å². The average molecular weight is 280 g/mol. The number of nitrogen functional groups attached to an aromatic ring is 1. The summed E-state index contributed by atoms with van der Waals surface area (Å²) in [5.41, 5.74) is 7.15. The number of benzene rings is 2. The van der Waals surface area contributed by atoms with Crippen molar-refractivity contribution in [2.45, 2.75) is 0 Å².